The highest BCUT2D eigenvalue weighted by Gasteiger charge is 2.24. The summed E-state index contributed by atoms with van der Waals surface area (Å²) in [6.07, 6.45) is 10.9. The molecule has 0 radical (unpaired) electrons. The lowest BCUT2D eigenvalue weighted by Gasteiger charge is -2.20. The average Bonchev–Trinajstić information content (AvgIpc) is 2.64. The fourth-order valence-corrected chi connectivity index (χ4v) is 3.37. The number of benzene rings is 1. The minimum atomic E-state index is -0.422. The molecule has 0 aromatic heterocycles. The highest BCUT2D eigenvalue weighted by atomic mass is 16.5. The van der Waals surface area contributed by atoms with Gasteiger partial charge in [-0.15, -0.1) is 0 Å². The van der Waals surface area contributed by atoms with E-state index in [1.807, 2.05) is 0 Å². The molecule has 0 saturated carbocycles. The number of anilines is 3. The third-order valence-corrected chi connectivity index (χ3v) is 5.08. The number of nitrogens with two attached hydrogens (primary N) is 3. The zero-order valence-electron chi connectivity index (χ0n) is 17.5. The maximum absolute atomic E-state index is 12.7. The predicted octanol–water partition coefficient (Wildman–Crippen LogP) is 5.25. The summed E-state index contributed by atoms with van der Waals surface area (Å²) in [6, 6.07) is 0. The van der Waals surface area contributed by atoms with E-state index in [2.05, 4.69) is 20.8 Å². The van der Waals surface area contributed by atoms with Crippen LogP contribution in [0.4, 0.5) is 17.1 Å². The number of carbonyl (C=O) groups excluding carboxylic acids is 1. The van der Waals surface area contributed by atoms with Crippen molar-refractivity contribution < 1.29 is 9.53 Å². The van der Waals surface area contributed by atoms with E-state index in [1.165, 1.54) is 0 Å². The Morgan fingerprint density at radius 3 is 1.59 bits per heavy atom. The number of carbonyl (C=O) groups is 1. The molecule has 0 unspecified atom stereocenters. The lowest BCUT2D eigenvalue weighted by molar-refractivity contribution is 0.0500. The van der Waals surface area contributed by atoms with Crippen LogP contribution in [-0.4, -0.2) is 12.6 Å². The Morgan fingerprint density at radius 2 is 1.15 bits per heavy atom. The van der Waals surface area contributed by atoms with Crippen LogP contribution in [0.2, 0.25) is 0 Å². The predicted molar refractivity (Wildman–Crippen MR) is 116 cm³/mol. The largest absolute Gasteiger partial charge is 0.462 e. The van der Waals surface area contributed by atoms with Crippen LogP contribution in [0.5, 0.6) is 0 Å². The first kappa shape index (κ1) is 23.1. The second kappa shape index (κ2) is 12.5. The molecule has 6 N–H and O–H groups in total. The Labute approximate surface area is 165 Å². The van der Waals surface area contributed by atoms with Gasteiger partial charge in [0.05, 0.1) is 18.0 Å². The van der Waals surface area contributed by atoms with Gasteiger partial charge in [-0.2, -0.15) is 0 Å². The number of nitrogen functional groups attached to an aromatic ring is 3. The SMILES string of the molecule is CCCCCOC(=O)c1c(N)c(CCCCC)c(N)c(CCCCC)c1N. The van der Waals surface area contributed by atoms with E-state index in [9.17, 15) is 4.79 Å². The summed E-state index contributed by atoms with van der Waals surface area (Å²) in [6.45, 7) is 6.82. The highest BCUT2D eigenvalue weighted by molar-refractivity contribution is 6.04. The zero-order valence-corrected chi connectivity index (χ0v) is 17.5. The number of hydrogen-bond donors (Lipinski definition) is 3. The van der Waals surface area contributed by atoms with Crippen molar-refractivity contribution in [1.82, 2.24) is 0 Å². The lowest BCUT2D eigenvalue weighted by Crippen LogP contribution is -2.18. The van der Waals surface area contributed by atoms with Gasteiger partial charge >= 0.3 is 5.97 Å². The van der Waals surface area contributed by atoms with Gasteiger partial charge in [0.15, 0.2) is 0 Å². The van der Waals surface area contributed by atoms with E-state index in [4.69, 9.17) is 21.9 Å². The lowest BCUT2D eigenvalue weighted by atomic mass is 9.91. The third kappa shape index (κ3) is 6.64. The molecule has 0 spiro atoms. The highest BCUT2D eigenvalue weighted by Crippen LogP contribution is 2.37. The van der Waals surface area contributed by atoms with E-state index >= 15 is 0 Å². The smallest absolute Gasteiger partial charge is 0.342 e. The first-order chi connectivity index (χ1) is 13.0. The van der Waals surface area contributed by atoms with E-state index in [1.54, 1.807) is 0 Å². The molecule has 0 saturated heterocycles. The van der Waals surface area contributed by atoms with Gasteiger partial charge in [0.2, 0.25) is 0 Å². The molecule has 0 bridgehead atoms. The standard InChI is InChI=1S/C22H39N3O2/c1-4-7-10-13-16-19(23)17(14-11-8-5-2)21(25)18(20(16)24)22(26)27-15-12-9-6-3/h4-15,23-25H2,1-3H3. The first-order valence-electron chi connectivity index (χ1n) is 10.6. The number of ether oxygens (including phenoxy) is 1. The van der Waals surface area contributed by atoms with Crippen LogP contribution in [0.3, 0.4) is 0 Å². The summed E-state index contributed by atoms with van der Waals surface area (Å²) in [5.74, 6) is -0.422. The molecule has 0 amide bonds. The van der Waals surface area contributed by atoms with Gasteiger partial charge in [-0.1, -0.05) is 59.3 Å². The van der Waals surface area contributed by atoms with Crippen molar-refractivity contribution in [2.45, 2.75) is 91.4 Å². The Hall–Kier alpha value is -1.91. The van der Waals surface area contributed by atoms with Gasteiger partial charge in [0.1, 0.15) is 5.56 Å². The fraction of sp³-hybridized carbons (Fsp3) is 0.682. The van der Waals surface area contributed by atoms with Crippen LogP contribution in [0.25, 0.3) is 0 Å². The molecule has 1 rings (SSSR count). The quantitative estimate of drug-likeness (QED) is 0.247. The van der Waals surface area contributed by atoms with Crippen LogP contribution in [0.1, 0.15) is 100 Å². The molecule has 0 heterocycles. The second-order valence-electron chi connectivity index (χ2n) is 7.33. The van der Waals surface area contributed by atoms with Crippen molar-refractivity contribution in [3.63, 3.8) is 0 Å². The minimum absolute atomic E-state index is 0.318. The molecule has 1 aromatic carbocycles. The van der Waals surface area contributed by atoms with Crippen LogP contribution in [0, 0.1) is 0 Å². The Kier molecular flexibility index (Phi) is 10.7. The normalized spacial score (nSPS) is 10.9. The molecule has 0 aliphatic carbocycles. The van der Waals surface area contributed by atoms with Crippen LogP contribution >= 0.6 is 0 Å². The molecule has 0 atom stereocenters. The third-order valence-electron chi connectivity index (χ3n) is 5.08. The monoisotopic (exact) mass is 377 g/mol. The van der Waals surface area contributed by atoms with Gasteiger partial charge < -0.3 is 21.9 Å². The molecule has 0 aliphatic rings. The van der Waals surface area contributed by atoms with Crippen LogP contribution < -0.4 is 17.2 Å². The molecule has 5 heteroatoms. The van der Waals surface area contributed by atoms with Crippen molar-refractivity contribution in [2.24, 2.45) is 0 Å². The molecule has 5 nitrogen and oxygen atoms in total. The number of hydrogen-bond acceptors (Lipinski definition) is 5. The van der Waals surface area contributed by atoms with Crippen molar-refractivity contribution in [3.8, 4) is 0 Å². The van der Waals surface area contributed by atoms with E-state index in [0.717, 1.165) is 81.8 Å². The molecule has 0 fully saturated rings. The van der Waals surface area contributed by atoms with Gasteiger partial charge in [-0.05, 0) is 43.2 Å². The molecular formula is C22H39N3O2. The molecule has 0 aliphatic heterocycles. The van der Waals surface area contributed by atoms with Crippen molar-refractivity contribution in [2.75, 3.05) is 23.8 Å². The summed E-state index contributed by atoms with van der Waals surface area (Å²) in [7, 11) is 0. The van der Waals surface area contributed by atoms with E-state index in [-0.39, 0.29) is 0 Å². The summed E-state index contributed by atoms with van der Waals surface area (Å²) in [4.78, 5) is 12.7. The van der Waals surface area contributed by atoms with Crippen LogP contribution in [0.15, 0.2) is 0 Å². The second-order valence-corrected chi connectivity index (χ2v) is 7.33. The summed E-state index contributed by atoms with van der Waals surface area (Å²) < 4.78 is 5.45. The first-order valence-corrected chi connectivity index (χ1v) is 10.6. The summed E-state index contributed by atoms with van der Waals surface area (Å²) >= 11 is 0. The van der Waals surface area contributed by atoms with E-state index < -0.39 is 5.97 Å². The zero-order chi connectivity index (χ0) is 20.2. The minimum Gasteiger partial charge on any atom is -0.462 e. The molecular weight excluding hydrogens is 338 g/mol. The van der Waals surface area contributed by atoms with Gasteiger partial charge in [0, 0.05) is 5.69 Å². The van der Waals surface area contributed by atoms with Crippen LogP contribution in [-0.2, 0) is 17.6 Å². The van der Waals surface area contributed by atoms with Crippen molar-refractivity contribution >= 4 is 23.0 Å². The topological polar surface area (TPSA) is 104 Å². The number of unbranched alkanes of at least 4 members (excludes halogenated alkanes) is 6. The van der Waals surface area contributed by atoms with E-state index in [0.29, 0.717) is 29.2 Å². The summed E-state index contributed by atoms with van der Waals surface area (Å²) in [5, 5.41) is 0. The fourth-order valence-electron chi connectivity index (χ4n) is 3.37. The van der Waals surface area contributed by atoms with Crippen molar-refractivity contribution in [3.05, 3.63) is 16.7 Å². The Bertz CT molecular complexity index is 563. The molecule has 154 valence electrons. The van der Waals surface area contributed by atoms with Gasteiger partial charge in [-0.25, -0.2) is 4.79 Å². The Morgan fingerprint density at radius 1 is 0.704 bits per heavy atom. The number of esters is 1. The maximum Gasteiger partial charge on any atom is 0.342 e. The molecule has 27 heavy (non-hydrogen) atoms. The van der Waals surface area contributed by atoms with Gasteiger partial charge in [0.25, 0.3) is 0 Å². The van der Waals surface area contributed by atoms with Gasteiger partial charge in [-0.3, -0.25) is 0 Å². The van der Waals surface area contributed by atoms with Crippen molar-refractivity contribution in [1.29, 1.82) is 0 Å². The Balaban J connectivity index is 3.18. The summed E-state index contributed by atoms with van der Waals surface area (Å²) in [5.41, 5.74) is 22.7. The maximum atomic E-state index is 12.7. The molecule has 1 aromatic rings. The number of rotatable bonds is 13. The average molecular weight is 378 g/mol.